The molecule has 0 spiro atoms. The molecule has 0 bridgehead atoms. The van der Waals surface area contributed by atoms with Crippen LogP contribution in [-0.4, -0.2) is 43.9 Å². The summed E-state index contributed by atoms with van der Waals surface area (Å²) in [6.07, 6.45) is -4.49. The van der Waals surface area contributed by atoms with Crippen molar-refractivity contribution >= 4 is 10.0 Å². The summed E-state index contributed by atoms with van der Waals surface area (Å²) in [6.45, 7) is 1.43. The van der Waals surface area contributed by atoms with Crippen molar-refractivity contribution in [2.45, 2.75) is 37.2 Å². The highest BCUT2D eigenvalue weighted by molar-refractivity contribution is 7.89. The van der Waals surface area contributed by atoms with Crippen LogP contribution in [0.3, 0.4) is 0 Å². The summed E-state index contributed by atoms with van der Waals surface area (Å²) < 4.78 is 84.9. The molecule has 0 amide bonds. The number of nitrogens with zero attached hydrogens (tertiary/aromatic N) is 1. The lowest BCUT2D eigenvalue weighted by atomic mass is 10.1. The van der Waals surface area contributed by atoms with E-state index >= 15 is 0 Å². The van der Waals surface area contributed by atoms with Gasteiger partial charge in [-0.3, -0.25) is 0 Å². The first-order valence-electron chi connectivity index (χ1n) is 7.58. The Labute approximate surface area is 138 Å². The number of hydrogen-bond acceptors (Lipinski definition) is 3. The number of halogens is 4. The van der Waals surface area contributed by atoms with Gasteiger partial charge in [0.25, 0.3) is 0 Å². The zero-order chi connectivity index (χ0) is 18.0. The van der Waals surface area contributed by atoms with Gasteiger partial charge in [0, 0.05) is 19.8 Å². The summed E-state index contributed by atoms with van der Waals surface area (Å²) in [4.78, 5) is 0. The van der Waals surface area contributed by atoms with E-state index in [0.29, 0.717) is 4.31 Å². The molecule has 1 aliphatic heterocycles. The fourth-order valence-corrected chi connectivity index (χ4v) is 4.90. The molecule has 0 N–H and O–H groups in total. The van der Waals surface area contributed by atoms with Gasteiger partial charge < -0.3 is 4.74 Å². The van der Waals surface area contributed by atoms with Gasteiger partial charge in [0.2, 0.25) is 10.0 Å². The molecule has 136 valence electrons. The van der Waals surface area contributed by atoms with Crippen LogP contribution in [0.1, 0.15) is 31.4 Å². The molecule has 0 saturated carbocycles. The monoisotopic (exact) mass is 369 g/mol. The first kappa shape index (κ1) is 19.1. The molecule has 4 nitrogen and oxygen atoms in total. The summed E-state index contributed by atoms with van der Waals surface area (Å²) >= 11 is 0. The quantitative estimate of drug-likeness (QED) is 0.749. The highest BCUT2D eigenvalue weighted by atomic mass is 32.2. The third kappa shape index (κ3) is 4.07. The molecule has 1 heterocycles. The lowest BCUT2D eigenvalue weighted by Gasteiger charge is -2.35. The minimum Gasteiger partial charge on any atom is -0.381 e. The molecule has 1 aliphatic rings. The Morgan fingerprint density at radius 3 is 2.21 bits per heavy atom. The molecule has 1 aromatic carbocycles. The zero-order valence-electron chi connectivity index (χ0n) is 13.1. The Kier molecular flexibility index (Phi) is 5.87. The third-order valence-corrected chi connectivity index (χ3v) is 6.45. The van der Waals surface area contributed by atoms with E-state index in [1.54, 1.807) is 0 Å². The molecule has 24 heavy (non-hydrogen) atoms. The smallest absolute Gasteiger partial charge is 0.381 e. The van der Waals surface area contributed by atoms with E-state index in [1.165, 1.54) is 6.92 Å². The van der Waals surface area contributed by atoms with Gasteiger partial charge >= 0.3 is 6.18 Å². The van der Waals surface area contributed by atoms with Crippen LogP contribution >= 0.6 is 0 Å². The highest BCUT2D eigenvalue weighted by Crippen LogP contribution is 2.40. The lowest BCUT2D eigenvalue weighted by Crippen LogP contribution is -2.47. The maximum absolute atomic E-state index is 13.6. The Bertz CT molecular complexity index is 640. The van der Waals surface area contributed by atoms with Gasteiger partial charge in [-0.1, -0.05) is 19.1 Å². The second kappa shape index (κ2) is 7.37. The van der Waals surface area contributed by atoms with Crippen molar-refractivity contribution in [2.75, 3.05) is 19.8 Å². The van der Waals surface area contributed by atoms with Crippen LogP contribution in [0.5, 0.6) is 0 Å². The summed E-state index contributed by atoms with van der Waals surface area (Å²) in [5.41, 5.74) is -0.304. The molecule has 9 heteroatoms. The van der Waals surface area contributed by atoms with Crippen molar-refractivity contribution < 1.29 is 30.7 Å². The number of rotatable bonds is 5. The molecule has 0 aromatic heterocycles. The topological polar surface area (TPSA) is 46.6 Å². The van der Waals surface area contributed by atoms with Crippen molar-refractivity contribution in [1.29, 1.82) is 0 Å². The van der Waals surface area contributed by atoms with Gasteiger partial charge in [-0.05, 0) is 30.5 Å². The molecule has 1 aromatic rings. The van der Waals surface area contributed by atoms with Gasteiger partial charge in [0.15, 0.2) is 0 Å². The first-order valence-corrected chi connectivity index (χ1v) is 9.08. The summed E-state index contributed by atoms with van der Waals surface area (Å²) in [5, 5.41) is -0.906. The Morgan fingerprint density at radius 1 is 1.21 bits per heavy atom. The van der Waals surface area contributed by atoms with Crippen molar-refractivity contribution in [3.05, 3.63) is 35.6 Å². The van der Waals surface area contributed by atoms with Crippen LogP contribution in [0.25, 0.3) is 0 Å². The lowest BCUT2D eigenvalue weighted by molar-refractivity contribution is -0.173. The molecular formula is C15H19F4NO3S. The fourth-order valence-electron chi connectivity index (χ4n) is 2.84. The SMILES string of the molecule is CCN([C@H](c1ccc(F)cc1)C(F)(F)F)S(=O)(=O)C1CCOCC1. The van der Waals surface area contributed by atoms with Crippen LogP contribution in [0, 0.1) is 5.82 Å². The highest BCUT2D eigenvalue weighted by Gasteiger charge is 2.50. The van der Waals surface area contributed by atoms with Crippen molar-refractivity contribution in [2.24, 2.45) is 0 Å². The summed E-state index contributed by atoms with van der Waals surface area (Å²) in [7, 11) is -4.18. The third-order valence-electron chi connectivity index (χ3n) is 4.01. The maximum atomic E-state index is 13.6. The minimum absolute atomic E-state index is 0.160. The summed E-state index contributed by atoms with van der Waals surface area (Å²) in [5.74, 6) is -0.685. The molecule has 1 atom stereocenters. The van der Waals surface area contributed by atoms with Gasteiger partial charge in [-0.2, -0.15) is 17.5 Å². The average molecular weight is 369 g/mol. The van der Waals surface area contributed by atoms with Gasteiger partial charge in [0.1, 0.15) is 11.9 Å². The standard InChI is InChI=1S/C15H19F4NO3S/c1-2-20(24(21,22)13-7-9-23-10-8-13)14(15(17,18)19)11-3-5-12(16)6-4-11/h3-6,13-14H,2,7-10H2,1H3/t14-/m1/s1. The van der Waals surface area contributed by atoms with Crippen molar-refractivity contribution in [3.8, 4) is 0 Å². The van der Waals surface area contributed by atoms with Gasteiger partial charge in [-0.15, -0.1) is 0 Å². The number of sulfonamides is 1. The van der Waals surface area contributed by atoms with E-state index in [0.717, 1.165) is 24.3 Å². The predicted octanol–water partition coefficient (Wildman–Crippen LogP) is 3.26. The Morgan fingerprint density at radius 2 is 1.75 bits per heavy atom. The molecule has 0 unspecified atom stereocenters. The van der Waals surface area contributed by atoms with Crippen molar-refractivity contribution in [3.63, 3.8) is 0 Å². The number of hydrogen-bond donors (Lipinski definition) is 0. The molecule has 1 saturated heterocycles. The Hall–Kier alpha value is -1.19. The number of alkyl halides is 3. The van der Waals surface area contributed by atoms with Crippen molar-refractivity contribution in [1.82, 2.24) is 4.31 Å². The molecular weight excluding hydrogens is 350 g/mol. The second-order valence-corrected chi connectivity index (χ2v) is 7.72. The molecule has 0 radical (unpaired) electrons. The number of benzene rings is 1. The molecule has 2 rings (SSSR count). The van der Waals surface area contributed by atoms with E-state index in [1.807, 2.05) is 0 Å². The normalized spacial score (nSPS) is 18.8. The zero-order valence-corrected chi connectivity index (χ0v) is 13.9. The molecule has 1 fully saturated rings. The van der Waals surface area contributed by atoms with E-state index in [9.17, 15) is 26.0 Å². The molecule has 0 aliphatic carbocycles. The van der Waals surface area contributed by atoms with Crippen LogP contribution in [0.2, 0.25) is 0 Å². The van der Waals surface area contributed by atoms with Crippen LogP contribution in [0.4, 0.5) is 17.6 Å². The van der Waals surface area contributed by atoms with Gasteiger partial charge in [0.05, 0.1) is 5.25 Å². The van der Waals surface area contributed by atoms with E-state index in [2.05, 4.69) is 0 Å². The second-order valence-electron chi connectivity index (χ2n) is 5.56. The van der Waals surface area contributed by atoms with Crippen LogP contribution in [-0.2, 0) is 14.8 Å². The van der Waals surface area contributed by atoms with E-state index < -0.39 is 33.3 Å². The van der Waals surface area contributed by atoms with Crippen LogP contribution < -0.4 is 0 Å². The maximum Gasteiger partial charge on any atom is 0.409 e. The Balaban J connectivity index is 2.43. The minimum atomic E-state index is -4.81. The number of ether oxygens (including phenoxy) is 1. The van der Waals surface area contributed by atoms with Gasteiger partial charge in [-0.25, -0.2) is 12.8 Å². The van der Waals surface area contributed by atoms with E-state index in [-0.39, 0.29) is 38.2 Å². The van der Waals surface area contributed by atoms with E-state index in [4.69, 9.17) is 4.74 Å². The largest absolute Gasteiger partial charge is 0.409 e. The predicted molar refractivity (Wildman–Crippen MR) is 80.3 cm³/mol. The summed E-state index contributed by atoms with van der Waals surface area (Å²) in [6, 6.07) is 1.38. The van der Waals surface area contributed by atoms with Crippen LogP contribution in [0.15, 0.2) is 24.3 Å². The first-order chi connectivity index (χ1) is 11.2. The fraction of sp³-hybridized carbons (Fsp3) is 0.600. The average Bonchev–Trinajstić information content (AvgIpc) is 2.53.